The summed E-state index contributed by atoms with van der Waals surface area (Å²) < 4.78 is 10.6. The summed E-state index contributed by atoms with van der Waals surface area (Å²) in [6.45, 7) is 5.49. The van der Waals surface area contributed by atoms with Gasteiger partial charge in [-0.05, 0) is 37.5 Å². The van der Waals surface area contributed by atoms with Crippen LogP contribution in [0.25, 0.3) is 0 Å². The lowest BCUT2D eigenvalue weighted by molar-refractivity contribution is -0.141. The van der Waals surface area contributed by atoms with E-state index in [4.69, 9.17) is 9.47 Å². The number of methoxy groups -OCH3 is 2. The average Bonchev–Trinajstić information content (AvgIpc) is 2.99. The summed E-state index contributed by atoms with van der Waals surface area (Å²) in [6, 6.07) is 5.84. The summed E-state index contributed by atoms with van der Waals surface area (Å²) in [6.07, 6.45) is 4.34. The van der Waals surface area contributed by atoms with Crippen LogP contribution >= 0.6 is 0 Å². The quantitative estimate of drug-likeness (QED) is 0.805. The molecule has 1 saturated carbocycles. The molecule has 2 rings (SSSR count). The molecule has 1 aliphatic rings. The van der Waals surface area contributed by atoms with Crippen molar-refractivity contribution in [2.45, 2.75) is 46.1 Å². The Morgan fingerprint density at radius 3 is 2.36 bits per heavy atom. The van der Waals surface area contributed by atoms with Crippen molar-refractivity contribution in [3.8, 4) is 11.5 Å². The van der Waals surface area contributed by atoms with E-state index >= 15 is 0 Å². The highest BCUT2D eigenvalue weighted by Crippen LogP contribution is 2.39. The zero-order valence-corrected chi connectivity index (χ0v) is 14.1. The van der Waals surface area contributed by atoms with Gasteiger partial charge in [0.25, 0.3) is 0 Å². The minimum Gasteiger partial charge on any atom is -0.493 e. The van der Waals surface area contributed by atoms with Gasteiger partial charge in [0.05, 0.1) is 14.2 Å². The predicted octanol–water partition coefficient (Wildman–Crippen LogP) is 3.63. The standard InChI is InChI=1S/C18H27NO3/c1-5-19(17(20)18(2)10-6-7-11-18)13-14-8-9-15(21-3)16(12-14)22-4/h8-9,12H,5-7,10-11,13H2,1-4H3. The zero-order valence-electron chi connectivity index (χ0n) is 14.1. The summed E-state index contributed by atoms with van der Waals surface area (Å²) in [5, 5.41) is 0. The van der Waals surface area contributed by atoms with Gasteiger partial charge in [-0.15, -0.1) is 0 Å². The van der Waals surface area contributed by atoms with E-state index in [-0.39, 0.29) is 11.3 Å². The second-order valence-electron chi connectivity index (χ2n) is 6.28. The molecule has 0 atom stereocenters. The fraction of sp³-hybridized carbons (Fsp3) is 0.611. The molecule has 0 unspecified atom stereocenters. The Hall–Kier alpha value is -1.71. The van der Waals surface area contributed by atoms with Gasteiger partial charge >= 0.3 is 0 Å². The van der Waals surface area contributed by atoms with E-state index in [1.165, 1.54) is 0 Å². The van der Waals surface area contributed by atoms with Crippen LogP contribution in [0.15, 0.2) is 18.2 Å². The predicted molar refractivity (Wildman–Crippen MR) is 87.2 cm³/mol. The maximum atomic E-state index is 12.9. The molecule has 1 fully saturated rings. The van der Waals surface area contributed by atoms with E-state index in [2.05, 4.69) is 6.92 Å². The van der Waals surface area contributed by atoms with Crippen molar-refractivity contribution < 1.29 is 14.3 Å². The van der Waals surface area contributed by atoms with E-state index in [1.54, 1.807) is 14.2 Å². The van der Waals surface area contributed by atoms with Crippen molar-refractivity contribution in [3.63, 3.8) is 0 Å². The molecular weight excluding hydrogens is 278 g/mol. The Morgan fingerprint density at radius 2 is 1.82 bits per heavy atom. The van der Waals surface area contributed by atoms with Crippen LogP contribution in [0.5, 0.6) is 11.5 Å². The molecule has 0 saturated heterocycles. The average molecular weight is 305 g/mol. The SMILES string of the molecule is CCN(Cc1ccc(OC)c(OC)c1)C(=O)C1(C)CCCC1. The largest absolute Gasteiger partial charge is 0.493 e. The maximum absolute atomic E-state index is 12.9. The minimum absolute atomic E-state index is 0.174. The van der Waals surface area contributed by atoms with Crippen LogP contribution in [0.3, 0.4) is 0 Å². The van der Waals surface area contributed by atoms with E-state index in [0.29, 0.717) is 18.0 Å². The molecule has 4 nitrogen and oxygen atoms in total. The normalized spacial score (nSPS) is 16.4. The molecule has 0 heterocycles. The van der Waals surface area contributed by atoms with Crippen LogP contribution in [0.1, 0.15) is 45.1 Å². The lowest BCUT2D eigenvalue weighted by atomic mass is 9.87. The number of hydrogen-bond donors (Lipinski definition) is 0. The highest BCUT2D eigenvalue weighted by atomic mass is 16.5. The molecule has 0 bridgehead atoms. The lowest BCUT2D eigenvalue weighted by Gasteiger charge is -2.31. The Balaban J connectivity index is 2.14. The third kappa shape index (κ3) is 3.37. The fourth-order valence-electron chi connectivity index (χ4n) is 3.28. The maximum Gasteiger partial charge on any atom is 0.228 e. The number of benzene rings is 1. The van der Waals surface area contributed by atoms with Crippen LogP contribution in [-0.4, -0.2) is 31.6 Å². The van der Waals surface area contributed by atoms with Crippen molar-refractivity contribution in [2.24, 2.45) is 5.41 Å². The molecule has 1 aliphatic carbocycles. The summed E-state index contributed by atoms with van der Waals surface area (Å²) in [4.78, 5) is 14.8. The van der Waals surface area contributed by atoms with Crippen LogP contribution < -0.4 is 9.47 Å². The molecule has 1 aromatic rings. The van der Waals surface area contributed by atoms with Crippen molar-refractivity contribution in [2.75, 3.05) is 20.8 Å². The molecule has 4 heteroatoms. The summed E-state index contributed by atoms with van der Waals surface area (Å²) in [7, 11) is 3.25. The van der Waals surface area contributed by atoms with E-state index in [9.17, 15) is 4.79 Å². The van der Waals surface area contributed by atoms with Gasteiger partial charge in [-0.2, -0.15) is 0 Å². The minimum atomic E-state index is -0.174. The lowest BCUT2D eigenvalue weighted by Crippen LogP contribution is -2.40. The van der Waals surface area contributed by atoms with Gasteiger partial charge in [0.15, 0.2) is 11.5 Å². The first-order valence-corrected chi connectivity index (χ1v) is 8.04. The number of nitrogens with zero attached hydrogens (tertiary/aromatic N) is 1. The van der Waals surface area contributed by atoms with Gasteiger partial charge in [0.2, 0.25) is 5.91 Å². The van der Waals surface area contributed by atoms with Gasteiger partial charge in [0.1, 0.15) is 0 Å². The molecule has 0 spiro atoms. The van der Waals surface area contributed by atoms with Crippen molar-refractivity contribution in [1.29, 1.82) is 0 Å². The Labute approximate surface area is 133 Å². The van der Waals surface area contributed by atoms with Gasteiger partial charge in [0, 0.05) is 18.5 Å². The topological polar surface area (TPSA) is 38.8 Å². The molecule has 1 aromatic carbocycles. The molecule has 0 aliphatic heterocycles. The Kier molecular flexibility index (Phi) is 5.33. The van der Waals surface area contributed by atoms with Gasteiger partial charge in [-0.25, -0.2) is 0 Å². The van der Waals surface area contributed by atoms with Crippen LogP contribution in [0.2, 0.25) is 0 Å². The van der Waals surface area contributed by atoms with Crippen molar-refractivity contribution in [3.05, 3.63) is 23.8 Å². The van der Waals surface area contributed by atoms with E-state index < -0.39 is 0 Å². The van der Waals surface area contributed by atoms with Gasteiger partial charge < -0.3 is 14.4 Å². The molecular formula is C18H27NO3. The fourth-order valence-corrected chi connectivity index (χ4v) is 3.28. The molecule has 0 radical (unpaired) electrons. The van der Waals surface area contributed by atoms with Gasteiger partial charge in [-0.3, -0.25) is 4.79 Å². The smallest absolute Gasteiger partial charge is 0.228 e. The molecule has 0 N–H and O–H groups in total. The van der Waals surface area contributed by atoms with Gasteiger partial charge in [-0.1, -0.05) is 25.8 Å². The summed E-state index contributed by atoms with van der Waals surface area (Å²) in [5.41, 5.74) is 0.890. The highest BCUT2D eigenvalue weighted by molar-refractivity contribution is 5.82. The third-order valence-electron chi connectivity index (χ3n) is 4.71. The van der Waals surface area contributed by atoms with Crippen molar-refractivity contribution in [1.82, 2.24) is 4.90 Å². The summed E-state index contributed by atoms with van der Waals surface area (Å²) >= 11 is 0. The Morgan fingerprint density at radius 1 is 1.18 bits per heavy atom. The third-order valence-corrected chi connectivity index (χ3v) is 4.71. The first-order chi connectivity index (χ1) is 10.5. The number of amides is 1. The Bertz CT molecular complexity index is 521. The number of hydrogen-bond acceptors (Lipinski definition) is 3. The molecule has 0 aromatic heterocycles. The second kappa shape index (κ2) is 7.03. The first-order valence-electron chi connectivity index (χ1n) is 8.04. The van der Waals surface area contributed by atoms with E-state index in [0.717, 1.165) is 37.8 Å². The van der Waals surface area contributed by atoms with E-state index in [1.807, 2.05) is 30.0 Å². The second-order valence-corrected chi connectivity index (χ2v) is 6.28. The highest BCUT2D eigenvalue weighted by Gasteiger charge is 2.38. The number of rotatable bonds is 6. The van der Waals surface area contributed by atoms with Crippen molar-refractivity contribution >= 4 is 5.91 Å². The number of carbonyl (C=O) groups excluding carboxylic acids is 1. The van der Waals surface area contributed by atoms with Crippen LogP contribution in [0, 0.1) is 5.41 Å². The number of ether oxygens (including phenoxy) is 2. The molecule has 1 amide bonds. The first kappa shape index (κ1) is 16.7. The summed E-state index contributed by atoms with van der Waals surface area (Å²) in [5.74, 6) is 1.70. The molecule has 22 heavy (non-hydrogen) atoms. The monoisotopic (exact) mass is 305 g/mol. The van der Waals surface area contributed by atoms with Crippen LogP contribution in [-0.2, 0) is 11.3 Å². The molecule has 122 valence electrons. The zero-order chi connectivity index (χ0) is 16.2. The van der Waals surface area contributed by atoms with Crippen LogP contribution in [0.4, 0.5) is 0 Å². The number of carbonyl (C=O) groups is 1.